The molecule has 0 unspecified atom stereocenters. The minimum absolute atomic E-state index is 0.0641. The third-order valence-corrected chi connectivity index (χ3v) is 2.00. The second-order valence-electron chi connectivity index (χ2n) is 3.21. The molecule has 16 heavy (non-hydrogen) atoms. The fourth-order valence-corrected chi connectivity index (χ4v) is 1.31. The van der Waals surface area contributed by atoms with Crippen molar-refractivity contribution in [3.8, 4) is 11.4 Å². The molecule has 1 aromatic heterocycles. The summed E-state index contributed by atoms with van der Waals surface area (Å²) in [5.74, 6) is -0.904. The number of rotatable bonds is 3. The number of para-hydroxylation sites is 2. The second-order valence-corrected chi connectivity index (χ2v) is 3.21. The van der Waals surface area contributed by atoms with Gasteiger partial charge in [0.15, 0.2) is 0 Å². The lowest BCUT2D eigenvalue weighted by Crippen LogP contribution is -1.99. The van der Waals surface area contributed by atoms with E-state index in [0.29, 0.717) is 11.4 Å². The Kier molecular flexibility index (Phi) is 2.55. The molecule has 0 spiro atoms. The highest BCUT2D eigenvalue weighted by Crippen LogP contribution is 2.19. The summed E-state index contributed by atoms with van der Waals surface area (Å²) in [6.07, 6.45) is 1.29. The van der Waals surface area contributed by atoms with Gasteiger partial charge < -0.3 is 10.2 Å². The van der Waals surface area contributed by atoms with Gasteiger partial charge in [0.05, 0.1) is 18.3 Å². The van der Waals surface area contributed by atoms with E-state index < -0.39 is 5.97 Å². The molecule has 2 aromatic rings. The number of carboxylic acids is 1. The van der Waals surface area contributed by atoms with Crippen LogP contribution < -0.4 is 0 Å². The van der Waals surface area contributed by atoms with Crippen molar-refractivity contribution >= 4 is 5.97 Å². The van der Waals surface area contributed by atoms with E-state index in [1.165, 1.54) is 16.9 Å². The molecule has 2 rings (SSSR count). The molecule has 6 nitrogen and oxygen atoms in total. The summed E-state index contributed by atoms with van der Waals surface area (Å²) in [6.45, 7) is 0. The van der Waals surface area contributed by atoms with Gasteiger partial charge in [-0.1, -0.05) is 17.3 Å². The van der Waals surface area contributed by atoms with Crippen LogP contribution in [0.4, 0.5) is 0 Å². The predicted molar refractivity (Wildman–Crippen MR) is 54.4 cm³/mol. The summed E-state index contributed by atoms with van der Waals surface area (Å²) in [4.78, 5) is 10.5. The first-order valence-corrected chi connectivity index (χ1v) is 4.58. The molecule has 0 fully saturated rings. The van der Waals surface area contributed by atoms with Crippen LogP contribution in [-0.2, 0) is 11.2 Å². The minimum Gasteiger partial charge on any atom is -0.506 e. The molecule has 0 saturated heterocycles. The van der Waals surface area contributed by atoms with Crippen LogP contribution in [0.3, 0.4) is 0 Å². The molecule has 82 valence electrons. The summed E-state index contributed by atoms with van der Waals surface area (Å²) in [5.41, 5.74) is 0.808. The molecular weight excluding hydrogens is 210 g/mol. The molecule has 0 bridgehead atoms. The highest BCUT2D eigenvalue weighted by molar-refractivity contribution is 5.69. The van der Waals surface area contributed by atoms with Crippen LogP contribution in [0.5, 0.6) is 5.75 Å². The molecule has 1 heterocycles. The van der Waals surface area contributed by atoms with Crippen molar-refractivity contribution in [3.63, 3.8) is 0 Å². The summed E-state index contributed by atoms with van der Waals surface area (Å²) in [6, 6.07) is 6.62. The number of hydrogen-bond donors (Lipinski definition) is 2. The van der Waals surface area contributed by atoms with Crippen LogP contribution in [0.25, 0.3) is 5.69 Å². The first-order valence-electron chi connectivity index (χ1n) is 4.58. The number of nitrogens with zero attached hydrogens (tertiary/aromatic N) is 3. The van der Waals surface area contributed by atoms with E-state index in [2.05, 4.69) is 10.3 Å². The van der Waals surface area contributed by atoms with Crippen LogP contribution >= 0.6 is 0 Å². The zero-order valence-corrected chi connectivity index (χ0v) is 8.24. The molecule has 0 saturated carbocycles. The van der Waals surface area contributed by atoms with Crippen molar-refractivity contribution in [2.75, 3.05) is 0 Å². The van der Waals surface area contributed by atoms with Crippen molar-refractivity contribution in [1.82, 2.24) is 15.0 Å². The quantitative estimate of drug-likeness (QED) is 0.789. The Bertz CT molecular complexity index is 522. The van der Waals surface area contributed by atoms with E-state index in [0.717, 1.165) is 0 Å². The van der Waals surface area contributed by atoms with E-state index in [1.54, 1.807) is 18.2 Å². The summed E-state index contributed by atoms with van der Waals surface area (Å²) >= 11 is 0. The van der Waals surface area contributed by atoms with Crippen molar-refractivity contribution in [2.45, 2.75) is 6.42 Å². The zero-order chi connectivity index (χ0) is 11.5. The Labute approximate surface area is 90.8 Å². The Morgan fingerprint density at radius 1 is 1.38 bits per heavy atom. The molecule has 2 N–H and O–H groups in total. The van der Waals surface area contributed by atoms with Gasteiger partial charge >= 0.3 is 5.97 Å². The van der Waals surface area contributed by atoms with Crippen molar-refractivity contribution < 1.29 is 15.0 Å². The van der Waals surface area contributed by atoms with Crippen molar-refractivity contribution in [3.05, 3.63) is 36.2 Å². The van der Waals surface area contributed by atoms with Crippen LogP contribution in [0.2, 0.25) is 0 Å². The molecular formula is C10H9N3O3. The monoisotopic (exact) mass is 219 g/mol. The van der Waals surface area contributed by atoms with Crippen LogP contribution in [0.15, 0.2) is 30.5 Å². The van der Waals surface area contributed by atoms with Gasteiger partial charge in [-0.05, 0) is 12.1 Å². The molecule has 0 aliphatic heterocycles. The van der Waals surface area contributed by atoms with Gasteiger partial charge in [-0.3, -0.25) is 4.79 Å². The lowest BCUT2D eigenvalue weighted by molar-refractivity contribution is -0.136. The van der Waals surface area contributed by atoms with Gasteiger partial charge in [0.25, 0.3) is 0 Å². The molecule has 0 atom stereocenters. The molecule has 0 aliphatic rings. The smallest absolute Gasteiger partial charge is 0.309 e. The fourth-order valence-electron chi connectivity index (χ4n) is 1.31. The lowest BCUT2D eigenvalue weighted by Gasteiger charge is -2.01. The number of hydrogen-bond acceptors (Lipinski definition) is 4. The Hall–Kier alpha value is -2.37. The highest BCUT2D eigenvalue weighted by Gasteiger charge is 2.08. The maximum atomic E-state index is 10.5. The Morgan fingerprint density at radius 3 is 2.81 bits per heavy atom. The van der Waals surface area contributed by atoms with E-state index in [4.69, 9.17) is 5.11 Å². The second kappa shape index (κ2) is 4.01. The van der Waals surface area contributed by atoms with Gasteiger partial charge in [-0.25, -0.2) is 4.68 Å². The van der Waals surface area contributed by atoms with E-state index in [-0.39, 0.29) is 12.2 Å². The highest BCUT2D eigenvalue weighted by atomic mass is 16.4. The predicted octanol–water partition coefficient (Wildman–Crippen LogP) is 0.600. The standard InChI is InChI=1S/C10H9N3O3/c14-9-4-2-1-3-8(9)13-6-7(11-12-13)5-10(15)16/h1-4,6,14H,5H2,(H,15,16). The third-order valence-electron chi connectivity index (χ3n) is 2.00. The average molecular weight is 219 g/mol. The first-order chi connectivity index (χ1) is 7.66. The van der Waals surface area contributed by atoms with E-state index >= 15 is 0 Å². The van der Waals surface area contributed by atoms with Crippen LogP contribution in [0, 0.1) is 0 Å². The van der Waals surface area contributed by atoms with Gasteiger partial charge in [0, 0.05) is 0 Å². The van der Waals surface area contributed by atoms with Gasteiger partial charge in [-0.15, -0.1) is 5.10 Å². The summed E-state index contributed by atoms with van der Waals surface area (Å²) in [7, 11) is 0. The summed E-state index contributed by atoms with van der Waals surface area (Å²) in [5, 5.41) is 25.6. The fraction of sp³-hybridized carbons (Fsp3) is 0.100. The Balaban J connectivity index is 2.32. The molecule has 0 radical (unpaired) electrons. The van der Waals surface area contributed by atoms with E-state index in [1.807, 2.05) is 0 Å². The number of phenols is 1. The zero-order valence-electron chi connectivity index (χ0n) is 8.24. The van der Waals surface area contributed by atoms with Crippen molar-refractivity contribution in [2.24, 2.45) is 0 Å². The maximum Gasteiger partial charge on any atom is 0.309 e. The Morgan fingerprint density at radius 2 is 2.12 bits per heavy atom. The molecule has 6 heteroatoms. The SMILES string of the molecule is O=C(O)Cc1cn(-c2ccccc2O)nn1. The third kappa shape index (κ3) is 2.00. The lowest BCUT2D eigenvalue weighted by atomic mass is 10.3. The van der Waals surface area contributed by atoms with Gasteiger partial charge in [-0.2, -0.15) is 0 Å². The summed E-state index contributed by atoms with van der Waals surface area (Å²) < 4.78 is 1.34. The largest absolute Gasteiger partial charge is 0.506 e. The van der Waals surface area contributed by atoms with Crippen LogP contribution in [0.1, 0.15) is 5.69 Å². The number of aromatic nitrogens is 3. The normalized spacial score (nSPS) is 10.2. The molecule has 0 amide bonds. The number of aromatic hydroxyl groups is 1. The number of carbonyl (C=O) groups is 1. The maximum absolute atomic E-state index is 10.5. The average Bonchev–Trinajstić information content (AvgIpc) is 2.66. The van der Waals surface area contributed by atoms with Gasteiger partial charge in [0.2, 0.25) is 0 Å². The topological polar surface area (TPSA) is 88.2 Å². The molecule has 0 aliphatic carbocycles. The van der Waals surface area contributed by atoms with Crippen LogP contribution in [-0.4, -0.2) is 31.2 Å². The minimum atomic E-state index is -0.968. The first kappa shape index (κ1) is 10.2. The van der Waals surface area contributed by atoms with E-state index in [9.17, 15) is 9.90 Å². The molecule has 1 aromatic carbocycles. The van der Waals surface area contributed by atoms with Gasteiger partial charge in [0.1, 0.15) is 11.4 Å². The number of carboxylic acid groups (broad SMARTS) is 1. The number of benzene rings is 1. The number of phenolic OH excluding ortho intramolecular Hbond substituents is 1. The van der Waals surface area contributed by atoms with Crippen molar-refractivity contribution in [1.29, 1.82) is 0 Å². The number of aliphatic carboxylic acids is 1.